The fourth-order valence-electron chi connectivity index (χ4n) is 4.74. The van der Waals surface area contributed by atoms with Crippen LogP contribution in [0.3, 0.4) is 0 Å². The van der Waals surface area contributed by atoms with Gasteiger partial charge in [-0.15, -0.1) is 0 Å². The first-order chi connectivity index (χ1) is 15.9. The third-order valence-electron chi connectivity index (χ3n) is 6.54. The van der Waals surface area contributed by atoms with E-state index in [1.165, 1.54) is 11.0 Å². The molecule has 4 rings (SSSR count). The summed E-state index contributed by atoms with van der Waals surface area (Å²) in [5, 5.41) is 0. The third-order valence-corrected chi connectivity index (χ3v) is 6.54. The number of amides is 1. The molecule has 2 aromatic heterocycles. The van der Waals surface area contributed by atoms with Crippen molar-refractivity contribution in [3.63, 3.8) is 0 Å². The van der Waals surface area contributed by atoms with Gasteiger partial charge in [-0.1, -0.05) is 63.4 Å². The molecule has 8 nitrogen and oxygen atoms in total. The summed E-state index contributed by atoms with van der Waals surface area (Å²) in [6.07, 6.45) is 6.95. The van der Waals surface area contributed by atoms with Gasteiger partial charge in [-0.05, 0) is 24.3 Å². The zero-order chi connectivity index (χ0) is 23.5. The number of nitrogens with zero attached hydrogens (tertiary/aromatic N) is 5. The fourth-order valence-corrected chi connectivity index (χ4v) is 4.74. The summed E-state index contributed by atoms with van der Waals surface area (Å²) < 4.78 is 4.40. The van der Waals surface area contributed by atoms with E-state index in [9.17, 15) is 14.4 Å². The second kappa shape index (κ2) is 9.77. The third kappa shape index (κ3) is 4.79. The van der Waals surface area contributed by atoms with Gasteiger partial charge < -0.3 is 9.47 Å². The summed E-state index contributed by atoms with van der Waals surface area (Å²) in [5.41, 5.74) is 0.695. The molecular weight excluding hydrogens is 418 g/mol. The van der Waals surface area contributed by atoms with Crippen LogP contribution in [0.2, 0.25) is 0 Å². The zero-order valence-corrected chi connectivity index (χ0v) is 19.7. The Morgan fingerprint density at radius 3 is 2.45 bits per heavy atom. The second-order valence-electron chi connectivity index (χ2n) is 9.51. The molecule has 1 saturated carbocycles. The average Bonchev–Trinajstić information content (AvgIpc) is 3.23. The Labute approximate surface area is 193 Å². The van der Waals surface area contributed by atoms with Crippen molar-refractivity contribution in [3.05, 3.63) is 63.1 Å². The first-order valence-corrected chi connectivity index (χ1v) is 11.8. The van der Waals surface area contributed by atoms with E-state index in [0.717, 1.165) is 35.8 Å². The van der Waals surface area contributed by atoms with Gasteiger partial charge in [0.05, 0.1) is 12.9 Å². The minimum atomic E-state index is -0.503. The smallest absolute Gasteiger partial charge is 0.333 e. The Kier molecular flexibility index (Phi) is 6.81. The van der Waals surface area contributed by atoms with E-state index in [-0.39, 0.29) is 25.0 Å². The van der Waals surface area contributed by atoms with Crippen molar-refractivity contribution >= 4 is 17.1 Å². The van der Waals surface area contributed by atoms with Gasteiger partial charge in [-0.2, -0.15) is 0 Å². The van der Waals surface area contributed by atoms with E-state index in [2.05, 4.69) is 18.8 Å². The highest BCUT2D eigenvalue weighted by Crippen LogP contribution is 2.21. The van der Waals surface area contributed by atoms with Crippen LogP contribution in [0.4, 0.5) is 0 Å². The van der Waals surface area contributed by atoms with Crippen LogP contribution < -0.4 is 11.2 Å². The maximum absolute atomic E-state index is 13.5. The molecule has 1 amide bonds. The van der Waals surface area contributed by atoms with Crippen molar-refractivity contribution in [2.24, 2.45) is 5.92 Å². The van der Waals surface area contributed by atoms with Gasteiger partial charge in [-0.25, -0.2) is 14.3 Å². The van der Waals surface area contributed by atoms with Crippen molar-refractivity contribution in [1.29, 1.82) is 0 Å². The molecule has 0 aliphatic heterocycles. The molecule has 33 heavy (non-hydrogen) atoms. The minimum absolute atomic E-state index is 0.170. The summed E-state index contributed by atoms with van der Waals surface area (Å²) in [4.78, 5) is 46.2. The van der Waals surface area contributed by atoms with Crippen LogP contribution in [0.25, 0.3) is 11.2 Å². The Hall–Kier alpha value is -3.16. The van der Waals surface area contributed by atoms with Gasteiger partial charge in [0, 0.05) is 19.6 Å². The largest absolute Gasteiger partial charge is 0.341 e. The van der Waals surface area contributed by atoms with Crippen molar-refractivity contribution in [2.45, 2.75) is 71.6 Å². The van der Waals surface area contributed by atoms with Crippen LogP contribution in [0, 0.1) is 5.92 Å². The van der Waals surface area contributed by atoms with Crippen molar-refractivity contribution in [3.8, 4) is 0 Å². The van der Waals surface area contributed by atoms with Gasteiger partial charge in [0.2, 0.25) is 5.91 Å². The maximum Gasteiger partial charge on any atom is 0.333 e. The highest BCUT2D eigenvalue weighted by Gasteiger charge is 2.25. The standard InChI is InChI=1S/C25H33N5O3/c1-18(2)14-28-17-26-23-22(28)24(32)30(16-21(31)27(3)20-12-8-5-9-13-20)25(33)29(23)15-19-10-6-4-7-11-19/h4,6-7,10-11,17-18,20H,5,8-9,12-16H2,1-3H3. The highest BCUT2D eigenvalue weighted by atomic mass is 16.2. The van der Waals surface area contributed by atoms with Gasteiger partial charge >= 0.3 is 5.69 Å². The molecule has 0 radical (unpaired) electrons. The molecule has 2 heterocycles. The van der Waals surface area contributed by atoms with Crippen molar-refractivity contribution < 1.29 is 4.79 Å². The first kappa shape index (κ1) is 23.0. The molecule has 0 unspecified atom stereocenters. The van der Waals surface area contributed by atoms with Gasteiger partial charge in [0.25, 0.3) is 5.56 Å². The van der Waals surface area contributed by atoms with E-state index < -0.39 is 11.2 Å². The molecule has 3 aromatic rings. The SMILES string of the molecule is CC(C)Cn1cnc2c1c(=O)n(CC(=O)N(C)C1CCCCC1)c(=O)n2Cc1ccccc1. The fraction of sp³-hybridized carbons (Fsp3) is 0.520. The van der Waals surface area contributed by atoms with E-state index >= 15 is 0 Å². The van der Waals surface area contributed by atoms with Crippen LogP contribution in [-0.4, -0.2) is 42.6 Å². The molecule has 8 heteroatoms. The molecule has 0 N–H and O–H groups in total. The highest BCUT2D eigenvalue weighted by molar-refractivity contribution is 5.77. The maximum atomic E-state index is 13.5. The Balaban J connectivity index is 1.78. The van der Waals surface area contributed by atoms with Gasteiger partial charge in [0.15, 0.2) is 11.2 Å². The number of hydrogen-bond donors (Lipinski definition) is 0. The Bertz CT molecular complexity index is 1230. The number of hydrogen-bond acceptors (Lipinski definition) is 4. The number of aromatic nitrogens is 4. The van der Waals surface area contributed by atoms with Crippen LogP contribution >= 0.6 is 0 Å². The van der Waals surface area contributed by atoms with E-state index in [0.29, 0.717) is 23.6 Å². The lowest BCUT2D eigenvalue weighted by atomic mass is 9.94. The molecule has 0 bridgehead atoms. The molecule has 1 aliphatic rings. The Morgan fingerprint density at radius 1 is 1.09 bits per heavy atom. The summed E-state index contributed by atoms with van der Waals surface area (Å²) in [6.45, 7) is 4.75. The lowest BCUT2D eigenvalue weighted by Crippen LogP contribution is -2.47. The topological polar surface area (TPSA) is 82.1 Å². The molecule has 1 aliphatic carbocycles. The molecule has 0 saturated heterocycles. The van der Waals surface area contributed by atoms with Crippen molar-refractivity contribution in [1.82, 2.24) is 23.6 Å². The van der Waals surface area contributed by atoms with Crippen LogP contribution in [0.15, 0.2) is 46.2 Å². The molecular formula is C25H33N5O3. The first-order valence-electron chi connectivity index (χ1n) is 11.8. The average molecular weight is 452 g/mol. The number of fused-ring (bicyclic) bond motifs is 1. The van der Waals surface area contributed by atoms with E-state index in [1.54, 1.807) is 22.8 Å². The van der Waals surface area contributed by atoms with Gasteiger partial charge in [0.1, 0.15) is 6.54 Å². The van der Waals surface area contributed by atoms with E-state index in [4.69, 9.17) is 0 Å². The lowest BCUT2D eigenvalue weighted by Gasteiger charge is -2.31. The summed E-state index contributed by atoms with van der Waals surface area (Å²) in [6, 6.07) is 9.77. The molecule has 1 fully saturated rings. The molecule has 0 spiro atoms. The van der Waals surface area contributed by atoms with Gasteiger partial charge in [-0.3, -0.25) is 14.2 Å². The van der Waals surface area contributed by atoms with E-state index in [1.807, 2.05) is 30.3 Å². The van der Waals surface area contributed by atoms with Crippen LogP contribution in [-0.2, 0) is 24.4 Å². The number of carbonyl (C=O) groups excluding carboxylic acids is 1. The van der Waals surface area contributed by atoms with Crippen molar-refractivity contribution in [2.75, 3.05) is 7.05 Å². The summed E-state index contributed by atoms with van der Waals surface area (Å²) in [7, 11) is 1.79. The lowest BCUT2D eigenvalue weighted by molar-refractivity contribution is -0.133. The second-order valence-corrected chi connectivity index (χ2v) is 9.51. The predicted octanol–water partition coefficient (Wildman–Crippen LogP) is 2.86. The van der Waals surface area contributed by atoms with Crippen LogP contribution in [0.1, 0.15) is 51.5 Å². The predicted molar refractivity (Wildman–Crippen MR) is 128 cm³/mol. The summed E-state index contributed by atoms with van der Waals surface area (Å²) in [5.74, 6) is 0.0884. The quantitative estimate of drug-likeness (QED) is 0.553. The molecule has 176 valence electrons. The van der Waals surface area contributed by atoms with Crippen LogP contribution in [0.5, 0.6) is 0 Å². The monoisotopic (exact) mass is 451 g/mol. The Morgan fingerprint density at radius 2 is 1.79 bits per heavy atom. The number of rotatable bonds is 7. The number of likely N-dealkylation sites (N-methyl/N-ethyl adjacent to an activating group) is 1. The zero-order valence-electron chi connectivity index (χ0n) is 19.7. The summed E-state index contributed by atoms with van der Waals surface area (Å²) >= 11 is 0. The molecule has 1 aromatic carbocycles. The number of imidazole rings is 1. The normalized spacial score (nSPS) is 14.8. The number of benzene rings is 1. The molecule has 0 atom stereocenters. The minimum Gasteiger partial charge on any atom is -0.341 e. The number of carbonyl (C=O) groups is 1.